The average Bonchev–Trinajstić information content (AvgIpc) is 3.08. The van der Waals surface area contributed by atoms with Crippen LogP contribution in [0.1, 0.15) is 17.3 Å². The van der Waals surface area contributed by atoms with Crippen molar-refractivity contribution in [3.8, 4) is 0 Å². The van der Waals surface area contributed by atoms with Gasteiger partial charge in [-0.2, -0.15) is 0 Å². The van der Waals surface area contributed by atoms with E-state index in [1.54, 1.807) is 23.3 Å². The van der Waals surface area contributed by atoms with Crippen molar-refractivity contribution in [1.82, 2.24) is 9.80 Å². The molecule has 0 saturated carbocycles. The van der Waals surface area contributed by atoms with E-state index in [0.717, 1.165) is 4.88 Å². The molecule has 108 valence electrons. The Morgan fingerprint density at radius 3 is 2.80 bits per heavy atom. The molecule has 2 amide bonds. The van der Waals surface area contributed by atoms with E-state index in [9.17, 15) is 9.59 Å². The first-order chi connectivity index (χ1) is 9.68. The first-order valence-electron chi connectivity index (χ1n) is 6.84. The fourth-order valence-electron chi connectivity index (χ4n) is 2.96. The number of thiophene rings is 1. The van der Waals surface area contributed by atoms with Gasteiger partial charge in [-0.05, 0) is 11.4 Å². The monoisotopic (exact) mass is 294 g/mol. The van der Waals surface area contributed by atoms with E-state index in [0.29, 0.717) is 32.7 Å². The zero-order valence-corrected chi connectivity index (χ0v) is 12.3. The number of ether oxygens (including phenoxy) is 1. The summed E-state index contributed by atoms with van der Waals surface area (Å²) < 4.78 is 5.28. The zero-order chi connectivity index (χ0) is 14.1. The van der Waals surface area contributed by atoms with Crippen molar-refractivity contribution in [2.45, 2.75) is 12.5 Å². The summed E-state index contributed by atoms with van der Waals surface area (Å²) in [5.41, 5.74) is 0. The lowest BCUT2D eigenvalue weighted by Gasteiger charge is -2.31. The zero-order valence-electron chi connectivity index (χ0n) is 11.4. The molecule has 0 radical (unpaired) electrons. The van der Waals surface area contributed by atoms with Gasteiger partial charge in [-0.1, -0.05) is 6.07 Å². The maximum atomic E-state index is 12.7. The van der Waals surface area contributed by atoms with E-state index in [2.05, 4.69) is 0 Å². The smallest absolute Gasteiger partial charge is 0.228 e. The molecule has 2 fully saturated rings. The molecule has 2 aliphatic heterocycles. The fraction of sp³-hybridized carbons (Fsp3) is 0.571. The van der Waals surface area contributed by atoms with Gasteiger partial charge < -0.3 is 14.5 Å². The molecule has 3 heterocycles. The number of amides is 2. The van der Waals surface area contributed by atoms with Crippen LogP contribution < -0.4 is 0 Å². The Labute approximate surface area is 122 Å². The Morgan fingerprint density at radius 2 is 2.15 bits per heavy atom. The molecule has 6 heteroatoms. The van der Waals surface area contributed by atoms with Crippen LogP contribution in [-0.2, 0) is 14.3 Å². The molecule has 0 spiro atoms. The van der Waals surface area contributed by atoms with Crippen molar-refractivity contribution >= 4 is 23.2 Å². The van der Waals surface area contributed by atoms with E-state index in [-0.39, 0.29) is 23.8 Å². The molecular formula is C14H18N2O3S. The fourth-order valence-corrected chi connectivity index (χ4v) is 3.89. The van der Waals surface area contributed by atoms with Crippen LogP contribution in [0, 0.1) is 5.92 Å². The second kappa shape index (κ2) is 5.54. The van der Waals surface area contributed by atoms with E-state index in [1.165, 1.54) is 0 Å². The highest BCUT2D eigenvalue weighted by Gasteiger charge is 2.44. The lowest BCUT2D eigenvalue weighted by molar-refractivity contribution is -0.140. The van der Waals surface area contributed by atoms with Gasteiger partial charge in [0.05, 0.1) is 25.2 Å². The summed E-state index contributed by atoms with van der Waals surface area (Å²) in [6.07, 6.45) is 0.315. The van der Waals surface area contributed by atoms with Crippen molar-refractivity contribution in [2.75, 3.05) is 33.4 Å². The van der Waals surface area contributed by atoms with Gasteiger partial charge in [0.15, 0.2) is 0 Å². The van der Waals surface area contributed by atoms with Crippen molar-refractivity contribution in [3.63, 3.8) is 0 Å². The number of hydrogen-bond acceptors (Lipinski definition) is 4. The van der Waals surface area contributed by atoms with Crippen LogP contribution in [0.3, 0.4) is 0 Å². The molecule has 2 aliphatic rings. The molecule has 0 aliphatic carbocycles. The van der Waals surface area contributed by atoms with Crippen molar-refractivity contribution in [1.29, 1.82) is 0 Å². The average molecular weight is 294 g/mol. The topological polar surface area (TPSA) is 49.9 Å². The first kappa shape index (κ1) is 13.6. The molecule has 5 nitrogen and oxygen atoms in total. The maximum absolute atomic E-state index is 12.7. The SMILES string of the molecule is CN1C(=O)C[C@@H](C(=O)N2CCOCC2)[C@H]1c1cccs1. The minimum absolute atomic E-state index is 0.0509. The van der Waals surface area contributed by atoms with Crippen molar-refractivity contribution < 1.29 is 14.3 Å². The third kappa shape index (κ3) is 2.33. The van der Waals surface area contributed by atoms with Crippen LogP contribution in [-0.4, -0.2) is 55.0 Å². The predicted molar refractivity (Wildman–Crippen MR) is 75.3 cm³/mol. The Hall–Kier alpha value is -1.40. The minimum Gasteiger partial charge on any atom is -0.378 e. The lowest BCUT2D eigenvalue weighted by Crippen LogP contribution is -2.44. The highest BCUT2D eigenvalue weighted by molar-refractivity contribution is 7.10. The number of carbonyl (C=O) groups excluding carboxylic acids is 2. The number of rotatable bonds is 2. The Bertz CT molecular complexity index is 497. The molecular weight excluding hydrogens is 276 g/mol. The molecule has 20 heavy (non-hydrogen) atoms. The summed E-state index contributed by atoms with van der Waals surface area (Å²) in [7, 11) is 1.79. The molecule has 2 saturated heterocycles. The molecule has 0 unspecified atom stereocenters. The quantitative estimate of drug-likeness (QED) is 0.821. The maximum Gasteiger partial charge on any atom is 0.228 e. The van der Waals surface area contributed by atoms with Gasteiger partial charge in [0.1, 0.15) is 0 Å². The van der Waals surface area contributed by atoms with Crippen LogP contribution in [0.5, 0.6) is 0 Å². The normalized spacial score (nSPS) is 27.1. The van der Waals surface area contributed by atoms with Gasteiger partial charge >= 0.3 is 0 Å². The van der Waals surface area contributed by atoms with E-state index in [1.807, 2.05) is 22.4 Å². The van der Waals surface area contributed by atoms with Crippen LogP contribution in [0.25, 0.3) is 0 Å². The van der Waals surface area contributed by atoms with Gasteiger partial charge in [0, 0.05) is 31.4 Å². The summed E-state index contributed by atoms with van der Waals surface area (Å²) >= 11 is 1.60. The molecule has 1 aromatic rings. The van der Waals surface area contributed by atoms with Crippen molar-refractivity contribution in [3.05, 3.63) is 22.4 Å². The Kier molecular flexibility index (Phi) is 3.76. The summed E-state index contributed by atoms with van der Waals surface area (Å²) in [5, 5.41) is 1.99. The van der Waals surface area contributed by atoms with Crippen LogP contribution in [0.4, 0.5) is 0 Å². The molecule has 0 aromatic carbocycles. The molecule has 1 aromatic heterocycles. The standard InChI is InChI=1S/C14H18N2O3S/c1-15-12(17)9-10(13(15)11-3-2-8-20-11)14(18)16-4-6-19-7-5-16/h2-3,8,10,13H,4-7,9H2,1H3/t10-,13+/m1/s1. The molecule has 0 bridgehead atoms. The van der Waals surface area contributed by atoms with Crippen LogP contribution in [0.2, 0.25) is 0 Å². The Balaban J connectivity index is 1.83. The van der Waals surface area contributed by atoms with Crippen molar-refractivity contribution in [2.24, 2.45) is 5.92 Å². The summed E-state index contributed by atoms with van der Waals surface area (Å²) in [6, 6.07) is 3.86. The van der Waals surface area contributed by atoms with Gasteiger partial charge in [0.25, 0.3) is 0 Å². The third-order valence-electron chi connectivity index (χ3n) is 4.06. The van der Waals surface area contributed by atoms with E-state index >= 15 is 0 Å². The lowest BCUT2D eigenvalue weighted by atomic mass is 9.97. The summed E-state index contributed by atoms with van der Waals surface area (Å²) in [6.45, 7) is 2.44. The second-order valence-corrected chi connectivity index (χ2v) is 6.19. The van der Waals surface area contributed by atoms with Gasteiger partial charge in [0.2, 0.25) is 11.8 Å². The van der Waals surface area contributed by atoms with E-state index < -0.39 is 0 Å². The highest BCUT2D eigenvalue weighted by atomic mass is 32.1. The number of likely N-dealkylation sites (tertiary alicyclic amines) is 1. The summed E-state index contributed by atoms with van der Waals surface area (Å²) in [5.74, 6) is -0.122. The van der Waals surface area contributed by atoms with E-state index in [4.69, 9.17) is 4.74 Å². The first-order valence-corrected chi connectivity index (χ1v) is 7.72. The number of morpholine rings is 1. The molecule has 2 atom stereocenters. The van der Waals surface area contributed by atoms with Crippen LogP contribution >= 0.6 is 11.3 Å². The highest BCUT2D eigenvalue weighted by Crippen LogP contribution is 2.39. The predicted octanol–water partition coefficient (Wildman–Crippen LogP) is 1.13. The number of nitrogens with zero attached hydrogens (tertiary/aromatic N) is 2. The van der Waals surface area contributed by atoms with Crippen LogP contribution in [0.15, 0.2) is 17.5 Å². The minimum atomic E-state index is -0.260. The third-order valence-corrected chi connectivity index (χ3v) is 5.00. The number of hydrogen-bond donors (Lipinski definition) is 0. The second-order valence-electron chi connectivity index (χ2n) is 5.21. The number of carbonyl (C=O) groups is 2. The van der Waals surface area contributed by atoms with Gasteiger partial charge in [-0.3, -0.25) is 9.59 Å². The molecule has 3 rings (SSSR count). The molecule has 0 N–H and O–H groups in total. The van der Waals surface area contributed by atoms with Gasteiger partial charge in [-0.15, -0.1) is 11.3 Å². The Morgan fingerprint density at radius 1 is 1.40 bits per heavy atom. The largest absolute Gasteiger partial charge is 0.378 e. The summed E-state index contributed by atoms with van der Waals surface area (Å²) in [4.78, 5) is 29.3. The van der Waals surface area contributed by atoms with Gasteiger partial charge in [-0.25, -0.2) is 0 Å².